The lowest BCUT2D eigenvalue weighted by atomic mass is 10.1. The SMILES string of the molecule is Cc1ccc(Oc2ccc(N3C(=O)Nc4c(C(=O)Nc5ccc(CNCCO)cc5)sc5ncnc3c45)cc2C)cn1. The Balaban J connectivity index is 1.26. The second-order valence-electron chi connectivity index (χ2n) is 9.69. The summed E-state index contributed by atoms with van der Waals surface area (Å²) in [4.78, 5) is 42.3. The zero-order valence-electron chi connectivity index (χ0n) is 22.8. The number of nitrogens with one attached hydrogen (secondary N) is 3. The second-order valence-corrected chi connectivity index (χ2v) is 10.7. The van der Waals surface area contributed by atoms with Gasteiger partial charge in [-0.2, -0.15) is 0 Å². The number of hydrogen-bond donors (Lipinski definition) is 4. The summed E-state index contributed by atoms with van der Waals surface area (Å²) < 4.78 is 5.99. The average Bonchev–Trinajstić information content (AvgIpc) is 3.36. The Morgan fingerprint density at radius 2 is 1.90 bits per heavy atom. The number of ether oxygens (including phenoxy) is 1. The number of aliphatic hydroxyl groups excluding tert-OH is 1. The van der Waals surface area contributed by atoms with Gasteiger partial charge in [0.25, 0.3) is 5.91 Å². The Hall–Kier alpha value is -4.91. The number of pyridine rings is 1. The van der Waals surface area contributed by atoms with E-state index in [-0.39, 0.29) is 12.5 Å². The molecule has 3 amide bonds. The zero-order chi connectivity index (χ0) is 29.2. The van der Waals surface area contributed by atoms with Crippen LogP contribution < -0.4 is 25.6 Å². The van der Waals surface area contributed by atoms with Gasteiger partial charge in [0.05, 0.1) is 29.6 Å². The van der Waals surface area contributed by atoms with E-state index in [0.29, 0.717) is 62.6 Å². The largest absolute Gasteiger partial charge is 0.455 e. The Morgan fingerprint density at radius 3 is 2.64 bits per heavy atom. The lowest BCUT2D eigenvalue weighted by molar-refractivity contribution is 0.103. The number of benzene rings is 2. The van der Waals surface area contributed by atoms with Crippen LogP contribution in [0.15, 0.2) is 67.1 Å². The van der Waals surface area contributed by atoms with E-state index in [2.05, 4.69) is 30.9 Å². The second kappa shape index (κ2) is 11.5. The number of aromatic nitrogens is 3. The number of urea groups is 1. The van der Waals surface area contributed by atoms with E-state index in [1.54, 1.807) is 18.3 Å². The molecule has 0 spiro atoms. The molecular weight excluding hydrogens is 554 g/mol. The van der Waals surface area contributed by atoms with Gasteiger partial charge in [0.15, 0.2) is 5.82 Å². The fourth-order valence-corrected chi connectivity index (χ4v) is 5.59. The Bertz CT molecular complexity index is 1790. The van der Waals surface area contributed by atoms with Crippen molar-refractivity contribution in [2.45, 2.75) is 20.4 Å². The van der Waals surface area contributed by atoms with Gasteiger partial charge in [-0.05, 0) is 67.4 Å². The van der Waals surface area contributed by atoms with Gasteiger partial charge in [0.1, 0.15) is 27.5 Å². The Labute approximate surface area is 245 Å². The molecule has 0 atom stereocenters. The standard InChI is InChI=1S/C30H27N7O4S/c1-17-13-21(8-10-23(17)41-22-9-3-18(2)32-15-22)37-27-24-25(36-30(37)40)26(42-29(24)34-16-33-27)28(39)35-20-6-4-19(5-7-20)14-31-11-12-38/h3-10,13,15-16,31,38H,11-12,14H2,1-2H3,(H,35,39)(H,36,40). The van der Waals surface area contributed by atoms with E-state index in [1.807, 2.05) is 56.3 Å². The van der Waals surface area contributed by atoms with Gasteiger partial charge in [-0.1, -0.05) is 12.1 Å². The minimum Gasteiger partial charge on any atom is -0.455 e. The number of anilines is 4. The van der Waals surface area contributed by atoms with Gasteiger partial charge in [0.2, 0.25) is 0 Å². The number of carbonyl (C=O) groups excluding carboxylic acids is 2. The number of aryl methyl sites for hydroxylation is 2. The van der Waals surface area contributed by atoms with Gasteiger partial charge < -0.3 is 25.8 Å². The number of rotatable bonds is 9. The van der Waals surface area contributed by atoms with Crippen LogP contribution in [0.4, 0.5) is 27.7 Å². The molecule has 5 aromatic rings. The van der Waals surface area contributed by atoms with Crippen molar-refractivity contribution in [2.24, 2.45) is 0 Å². The van der Waals surface area contributed by atoms with E-state index in [4.69, 9.17) is 9.84 Å². The Morgan fingerprint density at radius 1 is 1.07 bits per heavy atom. The molecule has 0 saturated heterocycles. The highest BCUT2D eigenvalue weighted by atomic mass is 32.1. The molecule has 212 valence electrons. The smallest absolute Gasteiger partial charge is 0.332 e. The maximum absolute atomic E-state index is 13.5. The van der Waals surface area contributed by atoms with E-state index in [9.17, 15) is 9.59 Å². The van der Waals surface area contributed by atoms with Crippen LogP contribution in [-0.2, 0) is 6.54 Å². The number of thiophene rings is 1. The quantitative estimate of drug-likeness (QED) is 0.167. The van der Waals surface area contributed by atoms with Gasteiger partial charge in [-0.15, -0.1) is 11.3 Å². The van der Waals surface area contributed by atoms with Gasteiger partial charge >= 0.3 is 6.03 Å². The molecule has 4 heterocycles. The van der Waals surface area contributed by atoms with Crippen LogP contribution in [0.5, 0.6) is 11.5 Å². The predicted molar refractivity (Wildman–Crippen MR) is 162 cm³/mol. The molecule has 0 bridgehead atoms. The van der Waals surface area contributed by atoms with Crippen LogP contribution in [-0.4, -0.2) is 45.1 Å². The highest BCUT2D eigenvalue weighted by molar-refractivity contribution is 7.21. The summed E-state index contributed by atoms with van der Waals surface area (Å²) in [5.74, 6) is 1.29. The third-order valence-corrected chi connectivity index (χ3v) is 7.78. The summed E-state index contributed by atoms with van der Waals surface area (Å²) in [5.41, 5.74) is 4.33. The topological polar surface area (TPSA) is 142 Å². The zero-order valence-corrected chi connectivity index (χ0v) is 23.7. The number of hydrogen-bond acceptors (Lipinski definition) is 9. The molecule has 42 heavy (non-hydrogen) atoms. The summed E-state index contributed by atoms with van der Waals surface area (Å²) in [7, 11) is 0. The molecule has 2 aromatic carbocycles. The van der Waals surface area contributed by atoms with E-state index >= 15 is 0 Å². The van der Waals surface area contributed by atoms with Gasteiger partial charge in [0, 0.05) is 24.5 Å². The van der Waals surface area contributed by atoms with Crippen molar-refractivity contribution >= 4 is 56.4 Å². The number of amides is 3. The monoisotopic (exact) mass is 581 g/mol. The minimum absolute atomic E-state index is 0.0690. The van der Waals surface area contributed by atoms with Crippen molar-refractivity contribution in [3.63, 3.8) is 0 Å². The first-order valence-corrected chi connectivity index (χ1v) is 14.0. The van der Waals surface area contributed by atoms with Crippen molar-refractivity contribution in [3.8, 4) is 11.5 Å². The number of aliphatic hydroxyl groups is 1. The highest BCUT2D eigenvalue weighted by Crippen LogP contribution is 2.45. The highest BCUT2D eigenvalue weighted by Gasteiger charge is 2.34. The summed E-state index contributed by atoms with van der Waals surface area (Å²) in [6.45, 7) is 4.99. The normalized spacial score (nSPS) is 12.4. The lowest BCUT2D eigenvalue weighted by Gasteiger charge is -2.27. The molecule has 11 nitrogen and oxygen atoms in total. The van der Waals surface area contributed by atoms with E-state index in [0.717, 1.165) is 16.8 Å². The number of nitrogens with zero attached hydrogens (tertiary/aromatic N) is 4. The molecule has 1 aliphatic heterocycles. The fourth-order valence-electron chi connectivity index (χ4n) is 4.60. The third kappa shape index (κ3) is 5.38. The molecule has 0 aliphatic carbocycles. The summed E-state index contributed by atoms with van der Waals surface area (Å²) in [6, 6.07) is 16.1. The molecule has 6 rings (SSSR count). The molecule has 3 aromatic heterocycles. The van der Waals surface area contributed by atoms with Crippen LogP contribution in [0.25, 0.3) is 10.2 Å². The summed E-state index contributed by atoms with van der Waals surface area (Å²) in [5, 5.41) is 18.4. The van der Waals surface area contributed by atoms with E-state index in [1.165, 1.54) is 22.6 Å². The predicted octanol–water partition coefficient (Wildman–Crippen LogP) is 5.51. The van der Waals surface area contributed by atoms with Crippen LogP contribution in [0, 0.1) is 13.8 Å². The minimum atomic E-state index is -0.439. The molecule has 0 unspecified atom stereocenters. The van der Waals surface area contributed by atoms with Crippen LogP contribution in [0.3, 0.4) is 0 Å². The molecule has 0 radical (unpaired) electrons. The van der Waals surface area contributed by atoms with Crippen LogP contribution in [0.2, 0.25) is 0 Å². The first-order chi connectivity index (χ1) is 20.4. The molecule has 0 saturated carbocycles. The Kier molecular flexibility index (Phi) is 7.48. The maximum atomic E-state index is 13.5. The van der Waals surface area contributed by atoms with Crippen molar-refractivity contribution in [1.82, 2.24) is 20.3 Å². The molecule has 4 N–H and O–H groups in total. The molecule has 12 heteroatoms. The van der Waals surface area contributed by atoms with Crippen molar-refractivity contribution in [2.75, 3.05) is 28.7 Å². The van der Waals surface area contributed by atoms with Gasteiger partial charge in [-0.25, -0.2) is 19.7 Å². The van der Waals surface area contributed by atoms with E-state index < -0.39 is 6.03 Å². The van der Waals surface area contributed by atoms with Crippen LogP contribution in [0.1, 0.15) is 26.5 Å². The molecule has 1 aliphatic rings. The lowest BCUT2D eigenvalue weighted by Crippen LogP contribution is -2.35. The summed E-state index contributed by atoms with van der Waals surface area (Å²) >= 11 is 1.19. The number of carbonyl (C=O) groups is 2. The first kappa shape index (κ1) is 27.3. The van der Waals surface area contributed by atoms with Gasteiger partial charge in [-0.3, -0.25) is 9.78 Å². The molecular formula is C30H27N7O4S. The van der Waals surface area contributed by atoms with Crippen molar-refractivity contribution in [1.29, 1.82) is 0 Å². The van der Waals surface area contributed by atoms with Crippen molar-refractivity contribution < 1.29 is 19.4 Å². The molecule has 0 fully saturated rings. The summed E-state index contributed by atoms with van der Waals surface area (Å²) in [6.07, 6.45) is 3.06. The third-order valence-electron chi connectivity index (χ3n) is 6.68. The maximum Gasteiger partial charge on any atom is 0.332 e. The van der Waals surface area contributed by atoms with Crippen LogP contribution >= 0.6 is 11.3 Å². The first-order valence-electron chi connectivity index (χ1n) is 13.2. The van der Waals surface area contributed by atoms with Crippen molar-refractivity contribution in [3.05, 3.63) is 88.8 Å². The fraction of sp³-hybridized carbons (Fsp3) is 0.167. The average molecular weight is 582 g/mol.